The van der Waals surface area contributed by atoms with Gasteiger partial charge in [0.2, 0.25) is 5.91 Å². The van der Waals surface area contributed by atoms with Crippen molar-refractivity contribution in [3.63, 3.8) is 0 Å². The van der Waals surface area contributed by atoms with Crippen LogP contribution in [0.25, 0.3) is 0 Å². The van der Waals surface area contributed by atoms with Crippen molar-refractivity contribution in [3.8, 4) is 0 Å². The minimum atomic E-state index is -0.691. The first-order valence-electron chi connectivity index (χ1n) is 5.86. The van der Waals surface area contributed by atoms with Gasteiger partial charge in [-0.3, -0.25) is 10.1 Å². The van der Waals surface area contributed by atoms with Crippen LogP contribution in [0.1, 0.15) is 20.3 Å². The van der Waals surface area contributed by atoms with Crippen LogP contribution in [0.4, 0.5) is 4.79 Å². The van der Waals surface area contributed by atoms with Crippen LogP contribution in [0.5, 0.6) is 0 Å². The van der Waals surface area contributed by atoms with Gasteiger partial charge < -0.3 is 9.80 Å². The molecular weight excluding hydrogens is 242 g/mol. The number of carbonyl (C=O) groups excluding carboxylic acids is 2. The predicted molar refractivity (Wildman–Crippen MR) is 67.1 cm³/mol. The molecule has 1 aliphatic heterocycles. The van der Waals surface area contributed by atoms with Crippen LogP contribution in [-0.4, -0.2) is 59.8 Å². The van der Waals surface area contributed by atoms with Gasteiger partial charge in [0.1, 0.15) is 5.38 Å². The fraction of sp³-hybridized carbons (Fsp3) is 0.818. The van der Waals surface area contributed by atoms with Crippen LogP contribution in [0.15, 0.2) is 0 Å². The molecule has 2 unspecified atom stereocenters. The van der Waals surface area contributed by atoms with Gasteiger partial charge in [-0.05, 0) is 33.9 Å². The van der Waals surface area contributed by atoms with Crippen LogP contribution in [0.2, 0.25) is 0 Å². The molecule has 0 aromatic carbocycles. The molecule has 2 atom stereocenters. The number of hydrogen-bond donors (Lipinski definition) is 1. The SMILES string of the molecule is CC(Cl)C(=O)NC(=O)N1CCCN(C)CC1C. The number of rotatable bonds is 1. The van der Waals surface area contributed by atoms with Gasteiger partial charge >= 0.3 is 6.03 Å². The molecule has 1 heterocycles. The minimum Gasteiger partial charge on any atom is -0.320 e. The van der Waals surface area contributed by atoms with E-state index in [9.17, 15) is 9.59 Å². The quantitative estimate of drug-likeness (QED) is 0.713. The first-order valence-corrected chi connectivity index (χ1v) is 6.29. The number of hydrogen-bond acceptors (Lipinski definition) is 3. The Morgan fingerprint density at radius 2 is 2.06 bits per heavy atom. The molecule has 1 rings (SSSR count). The van der Waals surface area contributed by atoms with Crippen LogP contribution in [-0.2, 0) is 4.79 Å². The van der Waals surface area contributed by atoms with E-state index >= 15 is 0 Å². The van der Waals surface area contributed by atoms with E-state index in [1.165, 1.54) is 0 Å². The van der Waals surface area contributed by atoms with Crippen molar-refractivity contribution >= 4 is 23.5 Å². The maximum Gasteiger partial charge on any atom is 0.324 e. The van der Waals surface area contributed by atoms with Crippen LogP contribution < -0.4 is 5.32 Å². The lowest BCUT2D eigenvalue weighted by Gasteiger charge is -2.27. The van der Waals surface area contributed by atoms with Crippen molar-refractivity contribution in [1.82, 2.24) is 15.1 Å². The van der Waals surface area contributed by atoms with Crippen molar-refractivity contribution in [1.29, 1.82) is 0 Å². The fourth-order valence-corrected chi connectivity index (χ4v) is 2.01. The Kier molecular flexibility index (Phi) is 5.21. The molecule has 0 spiro atoms. The maximum absolute atomic E-state index is 11.9. The van der Waals surface area contributed by atoms with Crippen LogP contribution in [0, 0.1) is 0 Å². The molecular formula is C11H20ClN3O2. The van der Waals surface area contributed by atoms with E-state index in [2.05, 4.69) is 10.2 Å². The maximum atomic E-state index is 11.9. The Morgan fingerprint density at radius 1 is 1.41 bits per heavy atom. The molecule has 1 N–H and O–H groups in total. The van der Waals surface area contributed by atoms with E-state index in [0.717, 1.165) is 19.5 Å². The first kappa shape index (κ1) is 14.3. The number of halogens is 1. The van der Waals surface area contributed by atoms with Gasteiger partial charge in [0.05, 0.1) is 0 Å². The molecule has 0 saturated carbocycles. The number of imide groups is 1. The van der Waals surface area contributed by atoms with E-state index in [1.54, 1.807) is 11.8 Å². The molecule has 3 amide bonds. The van der Waals surface area contributed by atoms with E-state index in [0.29, 0.717) is 6.54 Å². The van der Waals surface area contributed by atoms with E-state index in [1.807, 2.05) is 14.0 Å². The molecule has 0 radical (unpaired) electrons. The molecule has 5 nitrogen and oxygen atoms in total. The molecule has 0 bridgehead atoms. The number of amides is 3. The van der Waals surface area contributed by atoms with Gasteiger partial charge in [-0.1, -0.05) is 0 Å². The van der Waals surface area contributed by atoms with Gasteiger partial charge in [-0.15, -0.1) is 11.6 Å². The Morgan fingerprint density at radius 3 is 2.65 bits per heavy atom. The summed E-state index contributed by atoms with van der Waals surface area (Å²) < 4.78 is 0. The largest absolute Gasteiger partial charge is 0.324 e. The summed E-state index contributed by atoms with van der Waals surface area (Å²) in [5.41, 5.74) is 0. The molecule has 17 heavy (non-hydrogen) atoms. The summed E-state index contributed by atoms with van der Waals surface area (Å²) in [4.78, 5) is 27.1. The lowest BCUT2D eigenvalue weighted by Crippen LogP contribution is -2.50. The highest BCUT2D eigenvalue weighted by Crippen LogP contribution is 2.08. The van der Waals surface area contributed by atoms with Gasteiger partial charge in [0.15, 0.2) is 0 Å². The average molecular weight is 262 g/mol. The van der Waals surface area contributed by atoms with Crippen molar-refractivity contribution in [2.75, 3.05) is 26.7 Å². The molecule has 0 aromatic heterocycles. The minimum absolute atomic E-state index is 0.0981. The standard InChI is InChI=1S/C11H20ClN3O2/c1-8-7-14(3)5-4-6-15(8)11(17)13-10(16)9(2)12/h8-9H,4-7H2,1-3H3,(H,13,16,17). The Bertz CT molecular complexity index is 296. The zero-order valence-corrected chi connectivity index (χ0v) is 11.3. The number of urea groups is 1. The summed E-state index contributed by atoms with van der Waals surface area (Å²) in [6.45, 7) is 5.98. The summed E-state index contributed by atoms with van der Waals surface area (Å²) in [6, 6.07) is -0.244. The second kappa shape index (κ2) is 6.21. The summed E-state index contributed by atoms with van der Waals surface area (Å²) in [5, 5.41) is 1.63. The summed E-state index contributed by atoms with van der Waals surface area (Å²) in [7, 11) is 2.03. The topological polar surface area (TPSA) is 52.7 Å². The molecule has 0 aromatic rings. The van der Waals surface area contributed by atoms with Gasteiger partial charge in [0.25, 0.3) is 0 Å². The van der Waals surface area contributed by atoms with Crippen molar-refractivity contribution in [2.45, 2.75) is 31.7 Å². The highest BCUT2D eigenvalue weighted by Gasteiger charge is 2.25. The smallest absolute Gasteiger partial charge is 0.320 e. The van der Waals surface area contributed by atoms with Gasteiger partial charge in [0, 0.05) is 19.1 Å². The lowest BCUT2D eigenvalue weighted by molar-refractivity contribution is -0.119. The molecule has 1 fully saturated rings. The number of carbonyl (C=O) groups is 2. The Balaban J connectivity index is 2.58. The second-order valence-corrected chi connectivity index (χ2v) is 5.22. The van der Waals surface area contributed by atoms with Crippen molar-refractivity contribution in [2.24, 2.45) is 0 Å². The summed E-state index contributed by atoms with van der Waals surface area (Å²) in [6.07, 6.45) is 0.916. The highest BCUT2D eigenvalue weighted by molar-refractivity contribution is 6.31. The Hall–Kier alpha value is -0.810. The van der Waals surface area contributed by atoms with Crippen molar-refractivity contribution < 1.29 is 9.59 Å². The molecule has 98 valence electrons. The fourth-order valence-electron chi connectivity index (χ4n) is 1.95. The normalized spacial score (nSPS) is 24.0. The zero-order chi connectivity index (χ0) is 13.0. The van der Waals surface area contributed by atoms with Crippen molar-refractivity contribution in [3.05, 3.63) is 0 Å². The monoisotopic (exact) mass is 261 g/mol. The number of alkyl halides is 1. The molecule has 1 aliphatic rings. The van der Waals surface area contributed by atoms with Gasteiger partial charge in [-0.2, -0.15) is 0 Å². The van der Waals surface area contributed by atoms with Crippen LogP contribution >= 0.6 is 11.6 Å². The first-order chi connectivity index (χ1) is 7.91. The third-order valence-corrected chi connectivity index (χ3v) is 3.10. The van der Waals surface area contributed by atoms with E-state index in [4.69, 9.17) is 11.6 Å². The predicted octanol–water partition coefficient (Wildman–Crippen LogP) is 0.876. The average Bonchev–Trinajstić information content (AvgIpc) is 2.38. The van der Waals surface area contributed by atoms with E-state index in [-0.39, 0.29) is 12.1 Å². The van der Waals surface area contributed by atoms with E-state index < -0.39 is 11.3 Å². The molecule has 0 aliphatic carbocycles. The number of nitrogens with zero attached hydrogens (tertiary/aromatic N) is 2. The third-order valence-electron chi connectivity index (χ3n) is 2.90. The Labute approximate surface area is 107 Å². The molecule has 1 saturated heterocycles. The summed E-state index contributed by atoms with van der Waals surface area (Å²) >= 11 is 5.61. The van der Waals surface area contributed by atoms with Gasteiger partial charge in [-0.25, -0.2) is 4.79 Å². The zero-order valence-electron chi connectivity index (χ0n) is 10.6. The lowest BCUT2D eigenvalue weighted by atomic mass is 10.3. The summed E-state index contributed by atoms with van der Waals surface area (Å²) in [5.74, 6) is -0.443. The van der Waals surface area contributed by atoms with Crippen LogP contribution in [0.3, 0.4) is 0 Å². The number of nitrogens with one attached hydrogen (secondary N) is 1. The number of likely N-dealkylation sites (N-methyl/N-ethyl adjacent to an activating group) is 1. The third kappa shape index (κ3) is 4.16. The highest BCUT2D eigenvalue weighted by atomic mass is 35.5. The second-order valence-electron chi connectivity index (χ2n) is 4.57. The molecule has 6 heteroatoms.